The van der Waals surface area contributed by atoms with Crippen LogP contribution < -0.4 is 22.5 Å². The molecule has 276 valence electrons. The van der Waals surface area contributed by atoms with Crippen LogP contribution in [0.25, 0.3) is 0 Å². The maximum Gasteiger partial charge on any atom is 0.330 e. The van der Waals surface area contributed by atoms with Crippen molar-refractivity contribution < 1.29 is 19.2 Å². The molecule has 2 saturated heterocycles. The topological polar surface area (TPSA) is 169 Å². The molecule has 4 rings (SSSR count). The maximum atomic E-state index is 12.2. The smallest absolute Gasteiger partial charge is 0.318 e. The molecule has 0 aliphatic carbocycles. The van der Waals surface area contributed by atoms with E-state index in [4.69, 9.17) is 0 Å². The van der Waals surface area contributed by atoms with E-state index in [1.807, 2.05) is 27.7 Å². The van der Waals surface area contributed by atoms with Gasteiger partial charge < -0.3 is 9.80 Å². The van der Waals surface area contributed by atoms with E-state index in [1.165, 1.54) is 61.2 Å². The number of amides is 6. The number of nitrogens with zero attached hydrogens (tertiary/aromatic N) is 8. The molecule has 49 heavy (non-hydrogen) atoms. The number of rotatable bonds is 2. The van der Waals surface area contributed by atoms with Crippen LogP contribution in [0.4, 0.5) is 9.59 Å². The Bertz CT molecular complexity index is 1570. The van der Waals surface area contributed by atoms with Gasteiger partial charge in [-0.1, -0.05) is 49.0 Å². The molecule has 16 heteroatoms. The summed E-state index contributed by atoms with van der Waals surface area (Å²) in [4.78, 5) is 102. The van der Waals surface area contributed by atoms with Gasteiger partial charge in [-0.2, -0.15) is 0 Å². The molecule has 4 atom stereocenters. The summed E-state index contributed by atoms with van der Waals surface area (Å²) in [5, 5.41) is 0. The summed E-state index contributed by atoms with van der Waals surface area (Å²) in [5.74, 6) is -1.77. The lowest BCUT2D eigenvalue weighted by Gasteiger charge is -2.41. The highest BCUT2D eigenvalue weighted by molar-refractivity contribution is 5.98. The van der Waals surface area contributed by atoms with Crippen LogP contribution in [0.5, 0.6) is 0 Å². The van der Waals surface area contributed by atoms with Crippen LogP contribution in [0, 0.1) is 25.7 Å². The van der Waals surface area contributed by atoms with E-state index in [1.54, 1.807) is 41.8 Å². The molecule has 2 aromatic heterocycles. The molecule has 6 amide bonds. The van der Waals surface area contributed by atoms with Crippen molar-refractivity contribution in [3.63, 3.8) is 0 Å². The SMILES string of the molecule is C.CC.CC.Cc1c([C@@H]2[C@H](C)C(=O)N(C)C(=O)N2C)n(C)c(=O)n(C)c1=O.Cc1c([C@H]2C(C)C(=O)N(C)C(=O)N2C)n(C)c(=O)n(C)c1=O. The summed E-state index contributed by atoms with van der Waals surface area (Å²) >= 11 is 0. The Morgan fingerprint density at radius 1 is 0.449 bits per heavy atom. The highest BCUT2D eigenvalue weighted by atomic mass is 16.2. The van der Waals surface area contributed by atoms with E-state index >= 15 is 0 Å². The maximum absolute atomic E-state index is 12.2. The molecule has 0 N–H and O–H groups in total. The molecule has 0 bridgehead atoms. The van der Waals surface area contributed by atoms with Crippen LogP contribution in [0.15, 0.2) is 19.2 Å². The van der Waals surface area contributed by atoms with Crippen molar-refractivity contribution in [2.75, 3.05) is 28.2 Å². The lowest BCUT2D eigenvalue weighted by atomic mass is 9.91. The third-order valence-corrected chi connectivity index (χ3v) is 8.85. The zero-order chi connectivity index (χ0) is 37.9. The van der Waals surface area contributed by atoms with E-state index in [9.17, 15) is 38.4 Å². The molecule has 1 unspecified atom stereocenters. The van der Waals surface area contributed by atoms with E-state index < -0.39 is 58.5 Å². The fraction of sp³-hybridized carbons (Fsp3) is 0.636. The molecule has 16 nitrogen and oxygen atoms in total. The number of urea groups is 2. The molecular formula is C33H56N8O8. The van der Waals surface area contributed by atoms with Crippen LogP contribution in [0.1, 0.15) is 83.6 Å². The molecular weight excluding hydrogens is 636 g/mol. The average Bonchev–Trinajstić information content (AvgIpc) is 3.09. The molecule has 2 aliphatic rings. The Morgan fingerprint density at radius 2 is 0.694 bits per heavy atom. The van der Waals surface area contributed by atoms with Gasteiger partial charge >= 0.3 is 23.4 Å². The van der Waals surface area contributed by atoms with Gasteiger partial charge in [-0.25, -0.2) is 19.2 Å². The molecule has 0 saturated carbocycles. The monoisotopic (exact) mass is 692 g/mol. The molecule has 2 fully saturated rings. The first-order valence-corrected chi connectivity index (χ1v) is 15.8. The van der Waals surface area contributed by atoms with Crippen molar-refractivity contribution in [3.05, 3.63) is 64.2 Å². The van der Waals surface area contributed by atoms with Gasteiger partial charge in [0.15, 0.2) is 0 Å². The third-order valence-electron chi connectivity index (χ3n) is 8.85. The number of carbonyl (C=O) groups is 4. The van der Waals surface area contributed by atoms with Gasteiger partial charge in [-0.15, -0.1) is 0 Å². The van der Waals surface area contributed by atoms with E-state index in [-0.39, 0.29) is 19.2 Å². The number of hydrogen-bond acceptors (Lipinski definition) is 8. The second-order valence-electron chi connectivity index (χ2n) is 11.5. The van der Waals surface area contributed by atoms with Crippen LogP contribution >= 0.6 is 0 Å². The Morgan fingerprint density at radius 3 is 0.939 bits per heavy atom. The van der Waals surface area contributed by atoms with Gasteiger partial charge in [0, 0.05) is 67.5 Å². The minimum atomic E-state index is -0.650. The van der Waals surface area contributed by atoms with Crippen molar-refractivity contribution in [1.82, 2.24) is 37.9 Å². The van der Waals surface area contributed by atoms with Crippen LogP contribution in [0.2, 0.25) is 0 Å². The normalized spacial score (nSPS) is 20.4. The zero-order valence-electron chi connectivity index (χ0n) is 31.2. The summed E-state index contributed by atoms with van der Waals surface area (Å²) in [6.45, 7) is 14.6. The molecule has 0 radical (unpaired) electrons. The fourth-order valence-electron chi connectivity index (χ4n) is 6.19. The lowest BCUT2D eigenvalue weighted by molar-refractivity contribution is -0.137. The summed E-state index contributed by atoms with van der Waals surface area (Å²) in [6.07, 6.45) is 0. The highest BCUT2D eigenvalue weighted by Crippen LogP contribution is 2.34. The van der Waals surface area contributed by atoms with Gasteiger partial charge in [0.05, 0.1) is 35.3 Å². The largest absolute Gasteiger partial charge is 0.330 e. The quantitative estimate of drug-likeness (QED) is 0.460. The van der Waals surface area contributed by atoms with Crippen LogP contribution in [-0.2, 0) is 37.8 Å². The number of carbonyl (C=O) groups excluding carboxylic acids is 4. The van der Waals surface area contributed by atoms with Crippen molar-refractivity contribution in [2.45, 2.75) is 74.9 Å². The molecule has 4 heterocycles. The number of imide groups is 2. The lowest BCUT2D eigenvalue weighted by Crippen LogP contribution is -2.56. The first-order valence-electron chi connectivity index (χ1n) is 15.8. The molecule has 2 aromatic rings. The Hall–Kier alpha value is -4.76. The minimum absolute atomic E-state index is 0. The average molecular weight is 693 g/mol. The summed E-state index contributed by atoms with van der Waals surface area (Å²) in [7, 11) is 11.9. The van der Waals surface area contributed by atoms with Gasteiger partial charge in [0.25, 0.3) is 11.1 Å². The third kappa shape index (κ3) is 7.47. The standard InChI is InChI=1S/2C14H20N4O4.2C2H6.CH4/c2*1-7-9(15(3)13(21)17(5)11(7)19)10-8(2)12(20)18(6)14(22)16(10)4;2*1-2;/h2*7,9H,1-6H3;2*1-2H3;1H4/t7?,9-;7-,9-;;;/m10.../s1. The van der Waals surface area contributed by atoms with E-state index in [2.05, 4.69) is 0 Å². The first kappa shape index (κ1) is 44.2. The summed E-state index contributed by atoms with van der Waals surface area (Å²) in [5.41, 5.74) is -0.280. The second-order valence-corrected chi connectivity index (χ2v) is 11.5. The molecule has 0 spiro atoms. The summed E-state index contributed by atoms with van der Waals surface area (Å²) in [6, 6.07) is -2.22. The minimum Gasteiger partial charge on any atom is -0.318 e. The van der Waals surface area contributed by atoms with E-state index in [0.717, 1.165) is 18.9 Å². The Labute approximate surface area is 288 Å². The van der Waals surface area contributed by atoms with Crippen LogP contribution in [0.3, 0.4) is 0 Å². The van der Waals surface area contributed by atoms with Gasteiger partial charge in [-0.05, 0) is 13.8 Å². The first-order chi connectivity index (χ1) is 22.2. The predicted molar refractivity (Wildman–Crippen MR) is 188 cm³/mol. The Kier molecular flexibility index (Phi) is 15.4. The highest BCUT2D eigenvalue weighted by Gasteiger charge is 2.44. The van der Waals surface area contributed by atoms with Crippen molar-refractivity contribution in [3.8, 4) is 0 Å². The number of hydrogen-bond donors (Lipinski definition) is 0. The summed E-state index contributed by atoms with van der Waals surface area (Å²) < 4.78 is 4.70. The van der Waals surface area contributed by atoms with Crippen molar-refractivity contribution in [2.24, 2.45) is 40.0 Å². The van der Waals surface area contributed by atoms with E-state index in [0.29, 0.717) is 22.5 Å². The molecule has 0 aromatic carbocycles. The number of aromatic nitrogens is 4. The van der Waals surface area contributed by atoms with Gasteiger partial charge in [0.2, 0.25) is 11.8 Å². The van der Waals surface area contributed by atoms with Gasteiger partial charge in [-0.3, -0.25) is 47.2 Å². The fourth-order valence-corrected chi connectivity index (χ4v) is 6.19. The van der Waals surface area contributed by atoms with Crippen molar-refractivity contribution >= 4 is 23.9 Å². The zero-order valence-corrected chi connectivity index (χ0v) is 31.2. The predicted octanol–water partition coefficient (Wildman–Crippen LogP) is 1.88. The molecule has 2 aliphatic heterocycles. The van der Waals surface area contributed by atoms with Crippen molar-refractivity contribution in [1.29, 1.82) is 0 Å². The Balaban J connectivity index is 0.000000838. The second kappa shape index (κ2) is 17.1. The van der Waals surface area contributed by atoms with Crippen LogP contribution in [-0.4, -0.2) is 89.9 Å². The van der Waals surface area contributed by atoms with Gasteiger partial charge in [0.1, 0.15) is 0 Å².